The molecule has 0 amide bonds. The van der Waals surface area contributed by atoms with Gasteiger partial charge in [0, 0.05) is 0 Å². The number of unbranched alkanes of at least 4 members (excludes halogenated alkanes) is 2. The average Bonchev–Trinajstić information content (AvgIpc) is 2.31. The summed E-state index contributed by atoms with van der Waals surface area (Å²) in [5.74, 6) is 0. The molecule has 0 aromatic rings. The Morgan fingerprint density at radius 2 is 1.88 bits per heavy atom. The second-order valence-electron chi connectivity index (χ2n) is 3.36. The molecule has 90 valence electrons. The minimum absolute atomic E-state index is 0.425. The minimum Gasteiger partial charge on any atom is -0.394 e. The van der Waals surface area contributed by atoms with Crippen LogP contribution in [0.4, 0.5) is 0 Å². The number of aliphatic hydroxyl groups excluding tert-OH is 2. The zero-order valence-electron chi connectivity index (χ0n) is 9.00. The molecule has 0 saturated carbocycles. The summed E-state index contributed by atoms with van der Waals surface area (Å²) in [6.07, 6.45) is 4.61. The van der Waals surface area contributed by atoms with Crippen LogP contribution < -0.4 is 0 Å². The number of hydrogen-bond donors (Lipinski definition) is 2. The lowest BCUT2D eigenvalue weighted by Crippen LogP contribution is -2.27. The monoisotopic (exact) mass is 228 g/mol. The van der Waals surface area contributed by atoms with Gasteiger partial charge in [0.25, 0.3) is 0 Å². The van der Waals surface area contributed by atoms with Crippen molar-refractivity contribution in [3.63, 3.8) is 0 Å². The normalized spacial score (nSPS) is 13.4. The van der Waals surface area contributed by atoms with E-state index in [-0.39, 0.29) is 0 Å². The highest BCUT2D eigenvalue weighted by atomic mass is 16.3. The first-order valence-corrected chi connectivity index (χ1v) is 5.15. The number of aliphatic imine (C=N–C) groups is 2. The fraction of sp³-hybridized carbons (Fsp3) is 0.800. The van der Waals surface area contributed by atoms with Gasteiger partial charge < -0.3 is 10.2 Å². The smallest absolute Gasteiger partial charge is 0.235 e. The highest BCUT2D eigenvalue weighted by Crippen LogP contribution is 2.10. The molecule has 0 bridgehead atoms. The van der Waals surface area contributed by atoms with Crippen molar-refractivity contribution in [3.05, 3.63) is 0 Å². The van der Waals surface area contributed by atoms with Crippen LogP contribution in [0.2, 0.25) is 0 Å². The SMILES string of the molecule is O=C=NCCCCCC(N=C=O)C(O)CO. The number of nitrogens with zero attached hydrogens (tertiary/aromatic N) is 2. The van der Waals surface area contributed by atoms with E-state index in [0.717, 1.165) is 19.3 Å². The van der Waals surface area contributed by atoms with E-state index in [2.05, 4.69) is 9.98 Å². The summed E-state index contributed by atoms with van der Waals surface area (Å²) in [6, 6.07) is -0.600. The van der Waals surface area contributed by atoms with Gasteiger partial charge in [-0.2, -0.15) is 4.99 Å². The molecule has 0 heterocycles. The van der Waals surface area contributed by atoms with Crippen molar-refractivity contribution < 1.29 is 19.8 Å². The van der Waals surface area contributed by atoms with E-state index in [0.29, 0.717) is 13.0 Å². The molecule has 2 unspecified atom stereocenters. The maximum absolute atomic E-state index is 10.1. The van der Waals surface area contributed by atoms with Crippen LogP contribution in [0.5, 0.6) is 0 Å². The predicted octanol–water partition coefficient (Wildman–Crippen LogP) is -0.0598. The molecule has 0 saturated heterocycles. The van der Waals surface area contributed by atoms with Crippen molar-refractivity contribution >= 4 is 12.2 Å². The van der Waals surface area contributed by atoms with Gasteiger partial charge in [-0.3, -0.25) is 0 Å². The lowest BCUT2D eigenvalue weighted by atomic mass is 10.0. The van der Waals surface area contributed by atoms with Crippen molar-refractivity contribution in [2.24, 2.45) is 9.98 Å². The molecule has 2 atom stereocenters. The van der Waals surface area contributed by atoms with Gasteiger partial charge in [0.1, 0.15) is 6.10 Å². The summed E-state index contributed by atoms with van der Waals surface area (Å²) in [6.45, 7) is 0.0128. The van der Waals surface area contributed by atoms with Crippen molar-refractivity contribution in [2.45, 2.75) is 37.8 Å². The Morgan fingerprint density at radius 3 is 2.44 bits per heavy atom. The molecular weight excluding hydrogens is 212 g/mol. The third-order valence-electron chi connectivity index (χ3n) is 2.18. The number of isocyanates is 2. The molecule has 0 aromatic heterocycles. The van der Waals surface area contributed by atoms with Crippen molar-refractivity contribution in [1.29, 1.82) is 0 Å². The molecule has 0 spiro atoms. The first-order valence-electron chi connectivity index (χ1n) is 5.15. The zero-order chi connectivity index (χ0) is 12.2. The molecule has 6 nitrogen and oxygen atoms in total. The molecule has 0 fully saturated rings. The number of carbonyl (C=O) groups excluding carboxylic acids is 2. The van der Waals surface area contributed by atoms with Crippen LogP contribution >= 0.6 is 0 Å². The van der Waals surface area contributed by atoms with Crippen LogP contribution in [-0.4, -0.2) is 47.7 Å². The molecule has 0 aliphatic rings. The molecule has 0 aliphatic carbocycles. The van der Waals surface area contributed by atoms with Gasteiger partial charge >= 0.3 is 0 Å². The quantitative estimate of drug-likeness (QED) is 0.328. The number of aliphatic hydroxyl groups is 2. The summed E-state index contributed by atoms with van der Waals surface area (Å²) in [5.41, 5.74) is 0. The largest absolute Gasteiger partial charge is 0.394 e. The summed E-state index contributed by atoms with van der Waals surface area (Å²) in [7, 11) is 0. The highest BCUT2D eigenvalue weighted by molar-refractivity contribution is 5.33. The van der Waals surface area contributed by atoms with E-state index in [9.17, 15) is 14.7 Å². The Hall–Kier alpha value is -1.32. The second kappa shape index (κ2) is 10.2. The van der Waals surface area contributed by atoms with Gasteiger partial charge in [-0.25, -0.2) is 14.6 Å². The van der Waals surface area contributed by atoms with E-state index in [4.69, 9.17) is 5.11 Å². The Labute approximate surface area is 93.7 Å². The molecule has 0 aromatic carbocycles. The van der Waals surface area contributed by atoms with Crippen LogP contribution in [0.1, 0.15) is 25.7 Å². The van der Waals surface area contributed by atoms with Crippen LogP contribution in [0.3, 0.4) is 0 Å². The first-order chi connectivity index (χ1) is 7.76. The second-order valence-corrected chi connectivity index (χ2v) is 3.36. The van der Waals surface area contributed by atoms with E-state index in [1.54, 1.807) is 0 Å². The Balaban J connectivity index is 3.76. The van der Waals surface area contributed by atoms with Crippen molar-refractivity contribution in [3.8, 4) is 0 Å². The molecule has 0 aliphatic heterocycles. The maximum atomic E-state index is 10.1. The summed E-state index contributed by atoms with van der Waals surface area (Å²) in [4.78, 5) is 26.6. The number of hydrogen-bond acceptors (Lipinski definition) is 6. The Morgan fingerprint density at radius 1 is 1.12 bits per heavy atom. The van der Waals surface area contributed by atoms with E-state index < -0.39 is 18.8 Å². The molecule has 0 rings (SSSR count). The minimum atomic E-state index is -1.02. The van der Waals surface area contributed by atoms with Gasteiger partial charge in [0.05, 0.1) is 19.2 Å². The molecule has 16 heavy (non-hydrogen) atoms. The van der Waals surface area contributed by atoms with Crippen molar-refractivity contribution in [2.75, 3.05) is 13.2 Å². The maximum Gasteiger partial charge on any atom is 0.235 e. The summed E-state index contributed by atoms with van der Waals surface area (Å²) >= 11 is 0. The van der Waals surface area contributed by atoms with Crippen LogP contribution in [-0.2, 0) is 9.59 Å². The Kier molecular flexibility index (Phi) is 9.36. The lowest BCUT2D eigenvalue weighted by molar-refractivity contribution is 0.0717. The fourth-order valence-corrected chi connectivity index (χ4v) is 1.30. The third kappa shape index (κ3) is 7.04. The molecule has 6 heteroatoms. The van der Waals surface area contributed by atoms with Gasteiger partial charge in [0.15, 0.2) is 0 Å². The van der Waals surface area contributed by atoms with Gasteiger partial charge in [0.2, 0.25) is 12.2 Å². The third-order valence-corrected chi connectivity index (χ3v) is 2.18. The van der Waals surface area contributed by atoms with Crippen LogP contribution in [0.15, 0.2) is 9.98 Å². The Bertz CT molecular complexity index is 270. The van der Waals surface area contributed by atoms with Crippen LogP contribution in [0.25, 0.3) is 0 Å². The van der Waals surface area contributed by atoms with Gasteiger partial charge in [-0.15, -0.1) is 0 Å². The lowest BCUT2D eigenvalue weighted by Gasteiger charge is -2.14. The highest BCUT2D eigenvalue weighted by Gasteiger charge is 2.16. The standard InChI is InChI=1S/C10H16N2O4/c13-6-10(16)9(12-8-15)4-2-1-3-5-11-7-14/h9-10,13,16H,1-6H2. The van der Waals surface area contributed by atoms with E-state index in [1.165, 1.54) is 12.2 Å². The van der Waals surface area contributed by atoms with Gasteiger partial charge in [-0.1, -0.05) is 12.8 Å². The summed E-state index contributed by atoms with van der Waals surface area (Å²) < 4.78 is 0. The summed E-state index contributed by atoms with van der Waals surface area (Å²) in [5, 5.41) is 18.0. The van der Waals surface area contributed by atoms with Crippen LogP contribution in [0, 0.1) is 0 Å². The van der Waals surface area contributed by atoms with Gasteiger partial charge in [-0.05, 0) is 12.8 Å². The molecule has 0 radical (unpaired) electrons. The van der Waals surface area contributed by atoms with E-state index in [1.807, 2.05) is 0 Å². The topological polar surface area (TPSA) is 99.3 Å². The average molecular weight is 228 g/mol. The zero-order valence-corrected chi connectivity index (χ0v) is 9.00. The first kappa shape index (κ1) is 14.7. The van der Waals surface area contributed by atoms with Crippen molar-refractivity contribution in [1.82, 2.24) is 0 Å². The predicted molar refractivity (Wildman–Crippen MR) is 56.5 cm³/mol. The molecule has 2 N–H and O–H groups in total. The number of rotatable bonds is 9. The molecular formula is C10H16N2O4. The van der Waals surface area contributed by atoms with E-state index >= 15 is 0 Å². The fourth-order valence-electron chi connectivity index (χ4n) is 1.30.